The molecule has 0 unspecified atom stereocenters. The van der Waals surface area contributed by atoms with Crippen LogP contribution in [0.5, 0.6) is 5.75 Å². The highest BCUT2D eigenvalue weighted by Gasteiger charge is 2.55. The van der Waals surface area contributed by atoms with E-state index in [0.29, 0.717) is 20.3 Å². The summed E-state index contributed by atoms with van der Waals surface area (Å²) in [5.74, 6) is -0.0185. The van der Waals surface area contributed by atoms with Crippen LogP contribution in [0.15, 0.2) is 56.3 Å². The third-order valence-corrected chi connectivity index (χ3v) is 9.54. The van der Waals surface area contributed by atoms with Gasteiger partial charge in [0.2, 0.25) is 10.0 Å². The minimum Gasteiger partial charge on any atom is -0.496 e. The van der Waals surface area contributed by atoms with E-state index >= 15 is 0 Å². The summed E-state index contributed by atoms with van der Waals surface area (Å²) in [5.41, 5.74) is -1.41. The maximum Gasteiger partial charge on any atom is 0.407 e. The number of halogens is 2. The van der Waals surface area contributed by atoms with Crippen LogP contribution in [-0.4, -0.2) is 62.2 Å². The van der Waals surface area contributed by atoms with Crippen molar-refractivity contribution in [1.82, 2.24) is 14.9 Å². The van der Waals surface area contributed by atoms with Crippen molar-refractivity contribution >= 4 is 53.9 Å². The Balaban J connectivity index is 1.91. The summed E-state index contributed by atoms with van der Waals surface area (Å²) in [5, 5.41) is 13.0. The van der Waals surface area contributed by atoms with Crippen molar-refractivity contribution in [1.29, 1.82) is 0 Å². The molecule has 3 rings (SSSR count). The number of amides is 2. The number of rotatable bonds is 7. The standard InChI is InChI=1S/C24H29Br2N3O6S/c1-23(2,3)24(14-27-21(30)17-7-5-6-8-19(17)35-4)12-16(13-29(24)22(31)32)28-36(33,34)20-11-15(25)9-10-18(20)26/h5-11,16,28H,12-14H2,1-4H3,(H,27,30)(H,31,32)/t16-,24+/m1/s1. The van der Waals surface area contributed by atoms with Crippen LogP contribution >= 0.6 is 31.9 Å². The van der Waals surface area contributed by atoms with Gasteiger partial charge in [-0.1, -0.05) is 48.8 Å². The molecule has 9 nitrogen and oxygen atoms in total. The van der Waals surface area contributed by atoms with Crippen molar-refractivity contribution in [3.8, 4) is 5.75 Å². The fourth-order valence-corrected chi connectivity index (χ4v) is 7.31. The molecule has 1 heterocycles. The average Bonchev–Trinajstić information content (AvgIpc) is 3.18. The van der Waals surface area contributed by atoms with Crippen molar-refractivity contribution in [2.75, 3.05) is 20.2 Å². The third-order valence-electron chi connectivity index (χ3n) is 6.53. The van der Waals surface area contributed by atoms with Gasteiger partial charge in [0.05, 0.1) is 23.1 Å². The van der Waals surface area contributed by atoms with E-state index in [-0.39, 0.29) is 24.4 Å². The first-order valence-electron chi connectivity index (χ1n) is 11.1. The number of para-hydroxylation sites is 1. The molecule has 0 spiro atoms. The molecule has 2 aromatic rings. The zero-order chi connectivity index (χ0) is 26.9. The summed E-state index contributed by atoms with van der Waals surface area (Å²) in [6.07, 6.45) is -1.03. The summed E-state index contributed by atoms with van der Waals surface area (Å²) in [7, 11) is -2.51. The van der Waals surface area contributed by atoms with E-state index in [2.05, 4.69) is 41.9 Å². The maximum atomic E-state index is 13.2. The van der Waals surface area contributed by atoms with Crippen LogP contribution in [0, 0.1) is 5.41 Å². The van der Waals surface area contributed by atoms with Crippen molar-refractivity contribution in [2.24, 2.45) is 5.41 Å². The lowest BCUT2D eigenvalue weighted by molar-refractivity contribution is 0.0299. The van der Waals surface area contributed by atoms with Gasteiger partial charge in [-0.3, -0.25) is 9.69 Å². The Bertz CT molecular complexity index is 1260. The summed E-state index contributed by atoms with van der Waals surface area (Å²) in [4.78, 5) is 26.6. The van der Waals surface area contributed by atoms with Crippen LogP contribution in [0.4, 0.5) is 4.79 Å². The van der Waals surface area contributed by atoms with Gasteiger partial charge in [0.15, 0.2) is 0 Å². The quantitative estimate of drug-likeness (QED) is 0.408. The highest BCUT2D eigenvalue weighted by atomic mass is 79.9. The van der Waals surface area contributed by atoms with E-state index in [9.17, 15) is 23.1 Å². The van der Waals surface area contributed by atoms with Crippen molar-refractivity contribution < 1.29 is 27.9 Å². The average molecular weight is 647 g/mol. The highest BCUT2D eigenvalue weighted by molar-refractivity contribution is 9.11. The normalized spacial score (nSPS) is 20.3. The topological polar surface area (TPSA) is 125 Å². The third kappa shape index (κ3) is 5.71. The Kier molecular flexibility index (Phi) is 8.43. The lowest BCUT2D eigenvalue weighted by Crippen LogP contribution is -2.61. The van der Waals surface area contributed by atoms with Crippen LogP contribution in [0.2, 0.25) is 0 Å². The maximum absolute atomic E-state index is 13.2. The number of likely N-dealkylation sites (tertiary alicyclic amines) is 1. The van der Waals surface area contributed by atoms with Crippen LogP contribution in [0.25, 0.3) is 0 Å². The Morgan fingerprint density at radius 1 is 1.19 bits per heavy atom. The van der Waals surface area contributed by atoms with Gasteiger partial charge in [-0.05, 0) is 58.1 Å². The predicted molar refractivity (Wildman–Crippen MR) is 143 cm³/mol. The van der Waals surface area contributed by atoms with Gasteiger partial charge >= 0.3 is 6.09 Å². The fraction of sp³-hybridized carbons (Fsp3) is 0.417. The van der Waals surface area contributed by atoms with Gasteiger partial charge in [-0.15, -0.1) is 0 Å². The molecule has 3 N–H and O–H groups in total. The Morgan fingerprint density at radius 2 is 1.86 bits per heavy atom. The van der Waals surface area contributed by atoms with Crippen LogP contribution < -0.4 is 14.8 Å². The smallest absolute Gasteiger partial charge is 0.407 e. The number of methoxy groups -OCH3 is 1. The monoisotopic (exact) mass is 645 g/mol. The van der Waals surface area contributed by atoms with Gasteiger partial charge < -0.3 is 15.2 Å². The molecular formula is C24H29Br2N3O6S. The minimum atomic E-state index is -3.98. The SMILES string of the molecule is COc1ccccc1C(=O)NC[C@]1(C(C)(C)C)C[C@@H](NS(=O)(=O)c2cc(Br)ccc2Br)CN1C(=O)O. The largest absolute Gasteiger partial charge is 0.496 e. The second-order valence-corrected chi connectivity index (χ2v) is 13.1. The zero-order valence-corrected chi connectivity index (χ0v) is 24.3. The number of hydrogen-bond acceptors (Lipinski definition) is 5. The van der Waals surface area contributed by atoms with E-state index in [1.165, 1.54) is 18.1 Å². The van der Waals surface area contributed by atoms with E-state index in [4.69, 9.17) is 4.74 Å². The Hall–Kier alpha value is -2.15. The summed E-state index contributed by atoms with van der Waals surface area (Å²) >= 11 is 6.57. The lowest BCUT2D eigenvalue weighted by Gasteiger charge is -2.47. The number of hydrogen-bond donors (Lipinski definition) is 3. The van der Waals surface area contributed by atoms with Gasteiger partial charge in [-0.25, -0.2) is 17.9 Å². The lowest BCUT2D eigenvalue weighted by atomic mass is 9.71. The molecular weight excluding hydrogens is 618 g/mol. The Morgan fingerprint density at radius 3 is 2.47 bits per heavy atom. The Labute approximate surface area is 227 Å². The molecule has 2 amide bonds. The first-order chi connectivity index (χ1) is 16.7. The summed E-state index contributed by atoms with van der Waals surface area (Å²) in [6.45, 7) is 5.54. The number of ether oxygens (including phenoxy) is 1. The molecule has 2 atom stereocenters. The molecule has 196 valence electrons. The molecule has 0 radical (unpaired) electrons. The molecule has 0 aliphatic carbocycles. The predicted octanol–water partition coefficient (Wildman–Crippen LogP) is 4.47. The molecule has 36 heavy (non-hydrogen) atoms. The van der Waals surface area contributed by atoms with Gasteiger partial charge in [0, 0.05) is 28.1 Å². The number of nitrogens with one attached hydrogen (secondary N) is 2. The molecule has 2 aromatic carbocycles. The highest BCUT2D eigenvalue weighted by Crippen LogP contribution is 2.44. The molecule has 0 bridgehead atoms. The van der Waals surface area contributed by atoms with E-state index < -0.39 is 39.0 Å². The van der Waals surface area contributed by atoms with E-state index in [1.807, 2.05) is 20.8 Å². The molecule has 1 fully saturated rings. The zero-order valence-electron chi connectivity index (χ0n) is 20.3. The first kappa shape index (κ1) is 28.4. The van der Waals surface area contributed by atoms with E-state index in [1.54, 1.807) is 36.4 Å². The van der Waals surface area contributed by atoms with E-state index in [0.717, 1.165) is 0 Å². The number of sulfonamides is 1. The molecule has 1 saturated heterocycles. The first-order valence-corrected chi connectivity index (χ1v) is 14.2. The fourth-order valence-electron chi connectivity index (χ4n) is 4.58. The summed E-state index contributed by atoms with van der Waals surface area (Å²) in [6, 6.07) is 10.8. The van der Waals surface area contributed by atoms with Crippen LogP contribution in [0.3, 0.4) is 0 Å². The molecule has 0 aromatic heterocycles. The van der Waals surface area contributed by atoms with Gasteiger partial charge in [0.25, 0.3) is 5.91 Å². The number of carbonyl (C=O) groups excluding carboxylic acids is 1. The number of nitrogens with zero attached hydrogens (tertiary/aromatic N) is 1. The number of carboxylic acid groups (broad SMARTS) is 1. The number of carbonyl (C=O) groups is 2. The van der Waals surface area contributed by atoms with Crippen molar-refractivity contribution in [2.45, 2.75) is 43.7 Å². The van der Waals surface area contributed by atoms with Gasteiger partial charge in [-0.2, -0.15) is 0 Å². The van der Waals surface area contributed by atoms with Crippen molar-refractivity contribution in [3.05, 3.63) is 57.0 Å². The molecule has 12 heteroatoms. The molecule has 0 saturated carbocycles. The van der Waals surface area contributed by atoms with Crippen LogP contribution in [0.1, 0.15) is 37.6 Å². The minimum absolute atomic E-state index is 0.0154. The second kappa shape index (κ2) is 10.7. The van der Waals surface area contributed by atoms with Gasteiger partial charge in [0.1, 0.15) is 5.75 Å². The molecule has 1 aliphatic rings. The second-order valence-electron chi connectivity index (χ2n) is 9.65. The number of benzene rings is 2. The van der Waals surface area contributed by atoms with Crippen LogP contribution in [-0.2, 0) is 10.0 Å². The summed E-state index contributed by atoms with van der Waals surface area (Å²) < 4.78 is 35.3. The van der Waals surface area contributed by atoms with Crippen molar-refractivity contribution in [3.63, 3.8) is 0 Å². The molecule has 1 aliphatic heterocycles.